The molecule has 0 amide bonds. The van der Waals surface area contributed by atoms with Crippen molar-refractivity contribution in [3.8, 4) is 11.6 Å². The molecule has 8 nitrogen and oxygen atoms in total. The van der Waals surface area contributed by atoms with Gasteiger partial charge < -0.3 is 10.1 Å². The second-order valence-corrected chi connectivity index (χ2v) is 10.2. The highest BCUT2D eigenvalue weighted by atomic mass is 19.4. The molecule has 1 fully saturated rings. The number of pyridine rings is 1. The molecule has 0 aliphatic carbocycles. The SMILES string of the molecule is COc1cc2c(cc1Nc1ccc(C)nn1)ncn2-c1ccc(C(F)F)c(C2CCN(CC(F)(F)F)C2CC(F)(F)F)n1. The van der Waals surface area contributed by atoms with Crippen molar-refractivity contribution in [2.45, 2.75) is 50.5 Å². The van der Waals surface area contributed by atoms with Crippen molar-refractivity contribution in [3.63, 3.8) is 0 Å². The predicted molar refractivity (Wildman–Crippen MR) is 140 cm³/mol. The van der Waals surface area contributed by atoms with E-state index in [1.54, 1.807) is 31.2 Å². The van der Waals surface area contributed by atoms with E-state index in [0.717, 1.165) is 6.07 Å². The molecule has 16 heteroatoms. The number of aromatic nitrogens is 5. The zero-order valence-corrected chi connectivity index (χ0v) is 22.7. The number of rotatable bonds is 8. The monoisotopic (exact) mass is 615 g/mol. The van der Waals surface area contributed by atoms with Crippen LogP contribution in [0, 0.1) is 6.92 Å². The van der Waals surface area contributed by atoms with Crippen LogP contribution in [-0.4, -0.2) is 68.2 Å². The average molecular weight is 616 g/mol. The maximum absolute atomic E-state index is 14.1. The number of halogens is 8. The lowest BCUT2D eigenvalue weighted by Crippen LogP contribution is -2.41. The molecule has 2 unspecified atom stereocenters. The average Bonchev–Trinajstić information content (AvgIpc) is 3.50. The standard InChI is InChI=1S/C27H25F8N7O/c1-14-3-5-22(40-39-14)37-18-9-17-19(10-21(18)43-2)42(13-36-17)23-6-4-16(25(28)29)24(38-23)15-7-8-41(12-27(33,34)35)20(15)11-26(30,31)32/h3-6,9-10,13,15,20,25H,7-8,11-12H2,1-2H3,(H,37,40). The molecule has 1 aromatic carbocycles. The van der Waals surface area contributed by atoms with E-state index >= 15 is 0 Å². The number of hydrogen-bond acceptors (Lipinski definition) is 7. The van der Waals surface area contributed by atoms with Gasteiger partial charge in [-0.25, -0.2) is 18.7 Å². The second-order valence-electron chi connectivity index (χ2n) is 10.2. The van der Waals surface area contributed by atoms with E-state index in [2.05, 4.69) is 25.5 Å². The highest BCUT2D eigenvalue weighted by molar-refractivity contribution is 5.85. The Balaban J connectivity index is 1.55. The summed E-state index contributed by atoms with van der Waals surface area (Å²) >= 11 is 0. The molecular formula is C27H25F8N7O. The number of fused-ring (bicyclic) bond motifs is 1. The summed E-state index contributed by atoms with van der Waals surface area (Å²) in [6.07, 6.45) is -13.2. The van der Waals surface area contributed by atoms with Gasteiger partial charge in [-0.05, 0) is 50.2 Å². The van der Waals surface area contributed by atoms with Crippen LogP contribution in [0.3, 0.4) is 0 Å². The Morgan fingerprint density at radius 2 is 1.79 bits per heavy atom. The first-order valence-corrected chi connectivity index (χ1v) is 13.0. The van der Waals surface area contributed by atoms with Gasteiger partial charge in [0.15, 0.2) is 5.82 Å². The minimum atomic E-state index is -4.83. The van der Waals surface area contributed by atoms with E-state index in [-0.39, 0.29) is 24.5 Å². The maximum Gasteiger partial charge on any atom is 0.401 e. The van der Waals surface area contributed by atoms with Gasteiger partial charge in [0, 0.05) is 23.6 Å². The smallest absolute Gasteiger partial charge is 0.401 e. The predicted octanol–water partition coefficient (Wildman–Crippen LogP) is 6.88. The number of imidazole rings is 1. The normalized spacial score (nSPS) is 18.1. The fraction of sp³-hybridized carbons (Fsp3) is 0.407. The molecule has 3 aromatic heterocycles. The molecule has 2 atom stereocenters. The number of methoxy groups -OCH3 is 1. The minimum absolute atomic E-state index is 0.0501. The summed E-state index contributed by atoms with van der Waals surface area (Å²) in [6, 6.07) is 7.29. The Morgan fingerprint density at radius 1 is 1.02 bits per heavy atom. The zero-order chi connectivity index (χ0) is 31.1. The maximum atomic E-state index is 14.1. The first-order chi connectivity index (χ1) is 20.2. The largest absolute Gasteiger partial charge is 0.494 e. The van der Waals surface area contributed by atoms with Gasteiger partial charge in [-0.3, -0.25) is 9.47 Å². The summed E-state index contributed by atoms with van der Waals surface area (Å²) in [5.41, 5.74) is 1.05. The molecule has 4 aromatic rings. The molecule has 43 heavy (non-hydrogen) atoms. The van der Waals surface area contributed by atoms with Crippen LogP contribution in [0.25, 0.3) is 16.9 Å². The van der Waals surface area contributed by atoms with Crippen molar-refractivity contribution >= 4 is 22.5 Å². The van der Waals surface area contributed by atoms with E-state index < -0.39 is 49.3 Å². The van der Waals surface area contributed by atoms with Crippen LogP contribution in [0.1, 0.15) is 42.1 Å². The van der Waals surface area contributed by atoms with Gasteiger partial charge in [-0.2, -0.15) is 31.4 Å². The molecule has 1 aliphatic rings. The Labute approximate surface area is 239 Å². The molecule has 0 saturated carbocycles. The van der Waals surface area contributed by atoms with E-state index in [4.69, 9.17) is 4.74 Å². The number of nitrogens with zero attached hydrogens (tertiary/aromatic N) is 6. The number of alkyl halides is 8. The summed E-state index contributed by atoms with van der Waals surface area (Å²) in [5, 5.41) is 11.1. The number of aryl methyl sites for hydroxylation is 1. The molecule has 1 N–H and O–H groups in total. The molecule has 0 radical (unpaired) electrons. The first kappa shape index (κ1) is 30.4. The van der Waals surface area contributed by atoms with Crippen LogP contribution in [0.15, 0.2) is 42.7 Å². The zero-order valence-electron chi connectivity index (χ0n) is 22.7. The lowest BCUT2D eigenvalue weighted by molar-refractivity contribution is -0.168. The van der Waals surface area contributed by atoms with Crippen LogP contribution in [0.2, 0.25) is 0 Å². The number of anilines is 2. The Kier molecular flexibility index (Phi) is 8.15. The third-order valence-corrected chi connectivity index (χ3v) is 7.19. The molecular weight excluding hydrogens is 590 g/mol. The second kappa shape index (κ2) is 11.5. The number of hydrogen-bond donors (Lipinski definition) is 1. The van der Waals surface area contributed by atoms with Gasteiger partial charge in [-0.1, -0.05) is 0 Å². The van der Waals surface area contributed by atoms with Crippen LogP contribution in [0.4, 0.5) is 46.6 Å². The topological polar surface area (TPSA) is 81.0 Å². The molecule has 1 saturated heterocycles. The number of likely N-dealkylation sites (tertiary alicyclic amines) is 1. The number of ether oxygens (including phenoxy) is 1. The molecule has 5 rings (SSSR count). The van der Waals surface area contributed by atoms with Crippen molar-refractivity contribution in [2.24, 2.45) is 0 Å². The molecule has 0 spiro atoms. The van der Waals surface area contributed by atoms with E-state index in [0.29, 0.717) is 38.9 Å². The lowest BCUT2D eigenvalue weighted by Gasteiger charge is -2.30. The minimum Gasteiger partial charge on any atom is -0.494 e. The summed E-state index contributed by atoms with van der Waals surface area (Å²) in [4.78, 5) is 9.32. The van der Waals surface area contributed by atoms with Gasteiger partial charge in [-0.15, -0.1) is 5.10 Å². The highest BCUT2D eigenvalue weighted by Crippen LogP contribution is 2.43. The van der Waals surface area contributed by atoms with E-state index in [1.807, 2.05) is 0 Å². The van der Waals surface area contributed by atoms with Gasteiger partial charge >= 0.3 is 12.4 Å². The van der Waals surface area contributed by atoms with Crippen LogP contribution in [-0.2, 0) is 0 Å². The summed E-state index contributed by atoms with van der Waals surface area (Å²) in [5.74, 6) is -0.483. The highest BCUT2D eigenvalue weighted by Gasteiger charge is 2.47. The lowest BCUT2D eigenvalue weighted by atomic mass is 9.90. The third-order valence-electron chi connectivity index (χ3n) is 7.19. The van der Waals surface area contributed by atoms with Gasteiger partial charge in [0.05, 0.1) is 48.2 Å². The van der Waals surface area contributed by atoms with Gasteiger partial charge in [0.1, 0.15) is 17.9 Å². The van der Waals surface area contributed by atoms with Crippen LogP contribution < -0.4 is 10.1 Å². The fourth-order valence-electron chi connectivity index (χ4n) is 5.35. The van der Waals surface area contributed by atoms with Crippen molar-refractivity contribution in [3.05, 3.63) is 59.7 Å². The Hall–Kier alpha value is -4.08. The van der Waals surface area contributed by atoms with Crippen molar-refractivity contribution in [2.75, 3.05) is 25.5 Å². The van der Waals surface area contributed by atoms with E-state index in [9.17, 15) is 35.1 Å². The fourth-order valence-corrected chi connectivity index (χ4v) is 5.35. The van der Waals surface area contributed by atoms with Crippen LogP contribution in [0.5, 0.6) is 5.75 Å². The van der Waals surface area contributed by atoms with E-state index in [1.165, 1.54) is 24.1 Å². The van der Waals surface area contributed by atoms with Crippen molar-refractivity contribution in [1.29, 1.82) is 0 Å². The van der Waals surface area contributed by atoms with Gasteiger partial charge in [0.25, 0.3) is 6.43 Å². The molecule has 230 valence electrons. The summed E-state index contributed by atoms with van der Waals surface area (Å²) < 4.78 is 115. The number of benzene rings is 1. The van der Waals surface area contributed by atoms with Crippen molar-refractivity contribution < 1.29 is 39.9 Å². The Morgan fingerprint density at radius 3 is 2.42 bits per heavy atom. The molecule has 1 aliphatic heterocycles. The molecule has 4 heterocycles. The quantitative estimate of drug-likeness (QED) is 0.217. The van der Waals surface area contributed by atoms with Crippen LogP contribution >= 0.6 is 0 Å². The Bertz CT molecular complexity index is 1590. The summed E-state index contributed by atoms with van der Waals surface area (Å²) in [7, 11) is 1.43. The van der Waals surface area contributed by atoms with Crippen molar-refractivity contribution in [1.82, 2.24) is 29.6 Å². The van der Waals surface area contributed by atoms with Gasteiger partial charge in [0.2, 0.25) is 0 Å². The summed E-state index contributed by atoms with van der Waals surface area (Å²) in [6.45, 7) is -0.165. The number of nitrogens with one attached hydrogen (secondary N) is 1. The first-order valence-electron chi connectivity index (χ1n) is 13.0. The third kappa shape index (κ3) is 6.78. The molecule has 0 bridgehead atoms.